The third-order valence-electron chi connectivity index (χ3n) is 2.88. The molecule has 0 amide bonds. The summed E-state index contributed by atoms with van der Waals surface area (Å²) in [6.07, 6.45) is 1.56. The maximum Gasteiger partial charge on any atom is 0.252 e. The lowest BCUT2D eigenvalue weighted by Gasteiger charge is -2.28. The van der Waals surface area contributed by atoms with Crippen molar-refractivity contribution in [3.63, 3.8) is 0 Å². The van der Waals surface area contributed by atoms with Crippen LogP contribution in [0.1, 0.15) is 17.7 Å². The van der Waals surface area contributed by atoms with Gasteiger partial charge in [-0.25, -0.2) is 8.42 Å². The molecule has 2 rings (SSSR count). The van der Waals surface area contributed by atoms with Gasteiger partial charge in [0, 0.05) is 18.0 Å². The molecular formula is C11H14N2O2S2. The van der Waals surface area contributed by atoms with Crippen molar-refractivity contribution in [1.29, 1.82) is 5.26 Å². The summed E-state index contributed by atoms with van der Waals surface area (Å²) in [6, 6.07) is 5.61. The fourth-order valence-corrected chi connectivity index (χ4v) is 4.91. The molecule has 1 aromatic heterocycles. The third kappa shape index (κ3) is 2.51. The van der Waals surface area contributed by atoms with E-state index in [0.29, 0.717) is 17.3 Å². The van der Waals surface area contributed by atoms with Crippen molar-refractivity contribution in [1.82, 2.24) is 4.31 Å². The van der Waals surface area contributed by atoms with Crippen LogP contribution in [0.2, 0.25) is 0 Å². The molecule has 2 heterocycles. The number of hydrogen-bond acceptors (Lipinski definition) is 4. The van der Waals surface area contributed by atoms with Crippen LogP contribution in [0, 0.1) is 24.2 Å². The largest absolute Gasteiger partial charge is 0.252 e. The number of aryl methyl sites for hydroxylation is 1. The van der Waals surface area contributed by atoms with E-state index in [1.807, 2.05) is 13.0 Å². The maximum atomic E-state index is 12.3. The first kappa shape index (κ1) is 12.6. The highest BCUT2D eigenvalue weighted by Crippen LogP contribution is 2.27. The third-order valence-corrected chi connectivity index (χ3v) is 6.21. The lowest BCUT2D eigenvalue weighted by Crippen LogP contribution is -2.39. The number of piperidine rings is 1. The molecule has 0 radical (unpaired) electrons. The Kier molecular flexibility index (Phi) is 3.52. The highest BCUT2D eigenvalue weighted by atomic mass is 32.2. The molecule has 0 aliphatic carbocycles. The van der Waals surface area contributed by atoms with E-state index in [9.17, 15) is 8.42 Å². The minimum Gasteiger partial charge on any atom is -0.206 e. The molecule has 17 heavy (non-hydrogen) atoms. The van der Waals surface area contributed by atoms with Gasteiger partial charge in [0.25, 0.3) is 10.0 Å². The van der Waals surface area contributed by atoms with Crippen LogP contribution >= 0.6 is 11.3 Å². The Hall–Kier alpha value is -0.900. The first-order valence-electron chi connectivity index (χ1n) is 5.50. The summed E-state index contributed by atoms with van der Waals surface area (Å²) in [7, 11) is -3.38. The topological polar surface area (TPSA) is 61.2 Å². The van der Waals surface area contributed by atoms with Crippen LogP contribution in [0.3, 0.4) is 0 Å². The Bertz CT molecular complexity index is 542. The monoisotopic (exact) mass is 270 g/mol. The van der Waals surface area contributed by atoms with Crippen LogP contribution in [0.5, 0.6) is 0 Å². The van der Waals surface area contributed by atoms with Crippen LogP contribution in [0.25, 0.3) is 0 Å². The molecular weight excluding hydrogens is 256 g/mol. The molecule has 1 unspecified atom stereocenters. The van der Waals surface area contributed by atoms with E-state index in [-0.39, 0.29) is 5.92 Å². The molecule has 0 N–H and O–H groups in total. The molecule has 0 spiro atoms. The van der Waals surface area contributed by atoms with E-state index in [1.165, 1.54) is 15.6 Å². The van der Waals surface area contributed by atoms with Crippen LogP contribution in [-0.4, -0.2) is 25.8 Å². The molecule has 1 aliphatic rings. The average Bonchev–Trinajstić information content (AvgIpc) is 2.76. The minimum absolute atomic E-state index is 0.167. The van der Waals surface area contributed by atoms with E-state index in [1.54, 1.807) is 6.07 Å². The second-order valence-corrected chi connectivity index (χ2v) is 7.65. The van der Waals surface area contributed by atoms with E-state index in [0.717, 1.165) is 17.7 Å². The molecule has 0 aromatic carbocycles. The SMILES string of the molecule is Cc1ccc(S(=O)(=O)N2CCCC(C#N)C2)s1. The second-order valence-electron chi connectivity index (χ2n) is 4.20. The van der Waals surface area contributed by atoms with Gasteiger partial charge in [-0.3, -0.25) is 0 Å². The van der Waals surface area contributed by atoms with Gasteiger partial charge in [-0.05, 0) is 31.9 Å². The Balaban J connectivity index is 2.24. The zero-order chi connectivity index (χ0) is 12.5. The summed E-state index contributed by atoms with van der Waals surface area (Å²) in [5.41, 5.74) is 0. The number of hydrogen-bond donors (Lipinski definition) is 0. The van der Waals surface area contributed by atoms with Crippen molar-refractivity contribution < 1.29 is 8.42 Å². The van der Waals surface area contributed by atoms with Crippen molar-refractivity contribution in [3.8, 4) is 6.07 Å². The predicted octanol–water partition coefficient (Wildman–Crippen LogP) is 1.98. The van der Waals surface area contributed by atoms with Gasteiger partial charge < -0.3 is 0 Å². The molecule has 1 aromatic rings. The first-order valence-corrected chi connectivity index (χ1v) is 7.76. The standard InChI is InChI=1S/C11H14N2O2S2/c1-9-4-5-11(16-9)17(14,15)13-6-2-3-10(7-12)8-13/h4-5,10H,2-3,6,8H2,1H3. The molecule has 4 nitrogen and oxygen atoms in total. The predicted molar refractivity (Wildman–Crippen MR) is 66.2 cm³/mol. The summed E-state index contributed by atoms with van der Waals surface area (Å²) in [6.45, 7) is 2.74. The van der Waals surface area contributed by atoms with Gasteiger partial charge in [0.1, 0.15) is 4.21 Å². The Morgan fingerprint density at radius 3 is 2.88 bits per heavy atom. The lowest BCUT2D eigenvalue weighted by molar-refractivity contribution is 0.305. The molecule has 92 valence electrons. The number of sulfonamides is 1. The van der Waals surface area contributed by atoms with Gasteiger partial charge in [-0.1, -0.05) is 0 Å². The molecule has 1 saturated heterocycles. The van der Waals surface area contributed by atoms with Crippen LogP contribution < -0.4 is 0 Å². The molecule has 1 aliphatic heterocycles. The highest BCUT2D eigenvalue weighted by molar-refractivity contribution is 7.91. The fourth-order valence-electron chi connectivity index (χ4n) is 1.94. The van der Waals surface area contributed by atoms with E-state index >= 15 is 0 Å². The number of thiophene rings is 1. The van der Waals surface area contributed by atoms with E-state index in [2.05, 4.69) is 6.07 Å². The number of rotatable bonds is 2. The van der Waals surface area contributed by atoms with Crippen LogP contribution in [0.15, 0.2) is 16.3 Å². The van der Waals surface area contributed by atoms with Gasteiger partial charge in [0.15, 0.2) is 0 Å². The average molecular weight is 270 g/mol. The Morgan fingerprint density at radius 2 is 2.29 bits per heavy atom. The van der Waals surface area contributed by atoms with Crippen molar-refractivity contribution in [2.45, 2.75) is 24.0 Å². The molecule has 6 heteroatoms. The van der Waals surface area contributed by atoms with Gasteiger partial charge in [0.05, 0.1) is 12.0 Å². The summed E-state index contributed by atoms with van der Waals surface area (Å²) < 4.78 is 26.4. The normalized spacial score (nSPS) is 22.2. The van der Waals surface area contributed by atoms with Crippen molar-refractivity contribution in [2.24, 2.45) is 5.92 Å². The summed E-state index contributed by atoms with van der Waals surface area (Å²) in [4.78, 5) is 0.984. The smallest absolute Gasteiger partial charge is 0.206 e. The summed E-state index contributed by atoms with van der Waals surface area (Å²) in [5, 5.41) is 8.88. The van der Waals surface area contributed by atoms with Gasteiger partial charge in [0.2, 0.25) is 0 Å². The molecule has 0 bridgehead atoms. The van der Waals surface area contributed by atoms with Gasteiger partial charge in [-0.2, -0.15) is 9.57 Å². The van der Waals surface area contributed by atoms with Crippen molar-refractivity contribution in [3.05, 3.63) is 17.0 Å². The van der Waals surface area contributed by atoms with Crippen LogP contribution in [-0.2, 0) is 10.0 Å². The zero-order valence-electron chi connectivity index (χ0n) is 9.59. The fraction of sp³-hybridized carbons (Fsp3) is 0.545. The Labute approximate surface area is 106 Å². The summed E-state index contributed by atoms with van der Waals surface area (Å²) >= 11 is 1.28. The molecule has 1 atom stereocenters. The number of nitriles is 1. The molecule has 1 fully saturated rings. The number of nitrogens with zero attached hydrogens (tertiary/aromatic N) is 2. The Morgan fingerprint density at radius 1 is 1.53 bits per heavy atom. The quantitative estimate of drug-likeness (QED) is 0.825. The van der Waals surface area contributed by atoms with Crippen LogP contribution in [0.4, 0.5) is 0 Å². The van der Waals surface area contributed by atoms with E-state index in [4.69, 9.17) is 5.26 Å². The zero-order valence-corrected chi connectivity index (χ0v) is 11.2. The van der Waals surface area contributed by atoms with E-state index < -0.39 is 10.0 Å². The van der Waals surface area contributed by atoms with Crippen molar-refractivity contribution in [2.75, 3.05) is 13.1 Å². The van der Waals surface area contributed by atoms with Gasteiger partial charge >= 0.3 is 0 Å². The van der Waals surface area contributed by atoms with Crippen molar-refractivity contribution >= 4 is 21.4 Å². The lowest BCUT2D eigenvalue weighted by atomic mass is 10.0. The second kappa shape index (κ2) is 4.77. The minimum atomic E-state index is -3.38. The van der Waals surface area contributed by atoms with Gasteiger partial charge in [-0.15, -0.1) is 11.3 Å². The first-order chi connectivity index (χ1) is 8.04. The highest BCUT2D eigenvalue weighted by Gasteiger charge is 2.30. The summed E-state index contributed by atoms with van der Waals surface area (Å²) in [5.74, 6) is -0.167. The molecule has 0 saturated carbocycles. The maximum absolute atomic E-state index is 12.3.